The van der Waals surface area contributed by atoms with E-state index >= 15 is 0 Å². The zero-order valence-corrected chi connectivity index (χ0v) is 16.8. The van der Waals surface area contributed by atoms with Gasteiger partial charge in [-0.3, -0.25) is 4.79 Å². The third-order valence-electron chi connectivity index (χ3n) is 4.74. The fourth-order valence-electron chi connectivity index (χ4n) is 3.17. The fourth-order valence-corrected chi connectivity index (χ4v) is 3.17. The average Bonchev–Trinajstić information content (AvgIpc) is 2.83. The van der Waals surface area contributed by atoms with Crippen LogP contribution in [0.4, 0.5) is 0 Å². The summed E-state index contributed by atoms with van der Waals surface area (Å²) in [6, 6.07) is 25.7. The number of aromatic nitrogens is 1. The topological polar surface area (TPSA) is 80.6 Å². The summed E-state index contributed by atoms with van der Waals surface area (Å²) in [5.41, 5.74) is 6.62. The first-order valence-electron chi connectivity index (χ1n) is 9.63. The second-order valence-electron chi connectivity index (χ2n) is 6.75. The predicted molar refractivity (Wildman–Crippen MR) is 120 cm³/mol. The lowest BCUT2D eigenvalue weighted by Crippen LogP contribution is -2.18. The molecule has 4 aromatic rings. The molecule has 0 fully saturated rings. The summed E-state index contributed by atoms with van der Waals surface area (Å²) >= 11 is 0. The summed E-state index contributed by atoms with van der Waals surface area (Å²) in [6.45, 7) is 0. The molecule has 0 aliphatic heterocycles. The fraction of sp³-hybridized carbons (Fsp3) is 0.0400. The Balaban J connectivity index is 1.58. The standard InChI is InChI=1S/C25H19N3O3/c1-31-25(30)19-13-11-17(12-14-19)16-26-28-24(29)21-15-23(18-7-3-2-4-8-18)27-22-10-6-5-9-20(21)22/h2-16H,1H3,(H,28,29)/b26-16+. The Morgan fingerprint density at radius 2 is 1.65 bits per heavy atom. The highest BCUT2D eigenvalue weighted by Gasteiger charge is 2.13. The molecule has 31 heavy (non-hydrogen) atoms. The van der Waals surface area contributed by atoms with E-state index in [4.69, 9.17) is 0 Å². The molecular formula is C25H19N3O3. The summed E-state index contributed by atoms with van der Waals surface area (Å²) in [5.74, 6) is -0.742. The number of methoxy groups -OCH3 is 1. The van der Waals surface area contributed by atoms with Gasteiger partial charge in [0.2, 0.25) is 0 Å². The number of fused-ring (bicyclic) bond motifs is 1. The number of para-hydroxylation sites is 1. The number of ether oxygens (including phenoxy) is 1. The van der Waals surface area contributed by atoms with E-state index in [1.807, 2.05) is 54.6 Å². The van der Waals surface area contributed by atoms with E-state index in [0.717, 1.165) is 22.0 Å². The van der Waals surface area contributed by atoms with Gasteiger partial charge in [0.05, 0.1) is 35.7 Å². The number of hydrogen-bond donors (Lipinski definition) is 1. The minimum absolute atomic E-state index is 0.335. The van der Waals surface area contributed by atoms with Gasteiger partial charge in [-0.2, -0.15) is 5.10 Å². The van der Waals surface area contributed by atoms with Crippen molar-refractivity contribution in [1.29, 1.82) is 0 Å². The number of carbonyl (C=O) groups is 2. The van der Waals surface area contributed by atoms with Crippen LogP contribution >= 0.6 is 0 Å². The number of rotatable bonds is 5. The lowest BCUT2D eigenvalue weighted by atomic mass is 10.0. The first kappa shape index (κ1) is 20.0. The zero-order chi connectivity index (χ0) is 21.6. The van der Waals surface area contributed by atoms with E-state index in [0.29, 0.717) is 16.8 Å². The third kappa shape index (κ3) is 4.48. The number of hydrazone groups is 1. The quantitative estimate of drug-likeness (QED) is 0.300. The van der Waals surface area contributed by atoms with Crippen molar-refractivity contribution in [3.05, 3.63) is 102 Å². The Kier molecular flexibility index (Phi) is 5.80. The van der Waals surface area contributed by atoms with E-state index in [9.17, 15) is 9.59 Å². The van der Waals surface area contributed by atoms with Crippen molar-refractivity contribution in [3.8, 4) is 11.3 Å². The Morgan fingerprint density at radius 3 is 2.39 bits per heavy atom. The molecule has 0 bridgehead atoms. The molecule has 152 valence electrons. The zero-order valence-electron chi connectivity index (χ0n) is 16.8. The molecule has 0 aliphatic rings. The van der Waals surface area contributed by atoms with Crippen LogP contribution < -0.4 is 5.43 Å². The van der Waals surface area contributed by atoms with Crippen molar-refractivity contribution in [1.82, 2.24) is 10.4 Å². The number of nitrogens with one attached hydrogen (secondary N) is 1. The average molecular weight is 409 g/mol. The monoisotopic (exact) mass is 409 g/mol. The van der Waals surface area contributed by atoms with Gasteiger partial charge in [0.25, 0.3) is 5.91 Å². The molecule has 0 spiro atoms. The van der Waals surface area contributed by atoms with E-state index < -0.39 is 5.97 Å². The van der Waals surface area contributed by atoms with Crippen LogP contribution in [0, 0.1) is 0 Å². The highest BCUT2D eigenvalue weighted by Crippen LogP contribution is 2.24. The van der Waals surface area contributed by atoms with Crippen molar-refractivity contribution in [3.63, 3.8) is 0 Å². The maximum absolute atomic E-state index is 12.9. The van der Waals surface area contributed by atoms with Crippen LogP contribution in [0.25, 0.3) is 22.2 Å². The van der Waals surface area contributed by atoms with E-state index in [1.165, 1.54) is 13.3 Å². The Hall–Kier alpha value is -4.32. The smallest absolute Gasteiger partial charge is 0.337 e. The highest BCUT2D eigenvalue weighted by atomic mass is 16.5. The van der Waals surface area contributed by atoms with Gasteiger partial charge in [0.1, 0.15) is 0 Å². The number of nitrogens with zero attached hydrogens (tertiary/aromatic N) is 2. The molecule has 6 nitrogen and oxygen atoms in total. The number of benzene rings is 3. The van der Waals surface area contributed by atoms with E-state index in [2.05, 4.69) is 20.2 Å². The van der Waals surface area contributed by atoms with Crippen LogP contribution in [-0.2, 0) is 4.74 Å². The molecule has 0 radical (unpaired) electrons. The molecule has 0 aliphatic carbocycles. The van der Waals surface area contributed by atoms with Crippen LogP contribution in [-0.4, -0.2) is 30.2 Å². The molecule has 1 aromatic heterocycles. The van der Waals surface area contributed by atoms with E-state index in [-0.39, 0.29) is 5.91 Å². The highest BCUT2D eigenvalue weighted by molar-refractivity contribution is 6.07. The van der Waals surface area contributed by atoms with Crippen molar-refractivity contribution >= 4 is 29.0 Å². The van der Waals surface area contributed by atoms with Gasteiger partial charge in [0.15, 0.2) is 0 Å². The maximum Gasteiger partial charge on any atom is 0.337 e. The molecule has 1 amide bonds. The van der Waals surface area contributed by atoms with Gasteiger partial charge in [-0.25, -0.2) is 15.2 Å². The van der Waals surface area contributed by atoms with Gasteiger partial charge in [-0.15, -0.1) is 0 Å². The molecule has 0 atom stereocenters. The van der Waals surface area contributed by atoms with Gasteiger partial charge in [-0.1, -0.05) is 60.7 Å². The summed E-state index contributed by atoms with van der Waals surface area (Å²) in [6.07, 6.45) is 1.51. The summed E-state index contributed by atoms with van der Waals surface area (Å²) < 4.78 is 4.68. The minimum Gasteiger partial charge on any atom is -0.465 e. The predicted octanol–water partition coefficient (Wildman–Crippen LogP) is 4.45. The lowest BCUT2D eigenvalue weighted by molar-refractivity contribution is 0.0600. The summed E-state index contributed by atoms with van der Waals surface area (Å²) in [5, 5.41) is 4.81. The van der Waals surface area contributed by atoms with Crippen LogP contribution in [0.15, 0.2) is 90.0 Å². The molecule has 1 N–H and O–H groups in total. The van der Waals surface area contributed by atoms with Crippen LogP contribution in [0.5, 0.6) is 0 Å². The van der Waals surface area contributed by atoms with Gasteiger partial charge in [0, 0.05) is 10.9 Å². The van der Waals surface area contributed by atoms with Crippen molar-refractivity contribution in [2.24, 2.45) is 5.10 Å². The van der Waals surface area contributed by atoms with Crippen LogP contribution in [0.2, 0.25) is 0 Å². The number of pyridine rings is 1. The van der Waals surface area contributed by atoms with Crippen molar-refractivity contribution < 1.29 is 14.3 Å². The van der Waals surface area contributed by atoms with Gasteiger partial charge in [-0.05, 0) is 29.8 Å². The number of carbonyl (C=O) groups excluding carboxylic acids is 2. The third-order valence-corrected chi connectivity index (χ3v) is 4.74. The van der Waals surface area contributed by atoms with Gasteiger partial charge < -0.3 is 4.74 Å². The lowest BCUT2D eigenvalue weighted by Gasteiger charge is -2.09. The SMILES string of the molecule is COC(=O)c1ccc(/C=N/NC(=O)c2cc(-c3ccccc3)nc3ccccc23)cc1. The first-order valence-corrected chi connectivity index (χ1v) is 9.63. The molecule has 6 heteroatoms. The molecule has 0 saturated carbocycles. The van der Waals surface area contributed by atoms with E-state index in [1.54, 1.807) is 30.3 Å². The molecule has 4 rings (SSSR count). The molecule has 0 unspecified atom stereocenters. The molecular weight excluding hydrogens is 390 g/mol. The Morgan fingerprint density at radius 1 is 0.935 bits per heavy atom. The second-order valence-corrected chi connectivity index (χ2v) is 6.75. The Labute approximate surface area is 179 Å². The number of esters is 1. The summed E-state index contributed by atoms with van der Waals surface area (Å²) in [4.78, 5) is 29.1. The van der Waals surface area contributed by atoms with Crippen molar-refractivity contribution in [2.45, 2.75) is 0 Å². The Bertz CT molecular complexity index is 1270. The molecule has 3 aromatic carbocycles. The summed E-state index contributed by atoms with van der Waals surface area (Å²) in [7, 11) is 1.33. The van der Waals surface area contributed by atoms with Gasteiger partial charge >= 0.3 is 5.97 Å². The maximum atomic E-state index is 12.9. The van der Waals surface area contributed by atoms with Crippen molar-refractivity contribution in [2.75, 3.05) is 7.11 Å². The first-order chi connectivity index (χ1) is 15.2. The molecule has 1 heterocycles. The largest absolute Gasteiger partial charge is 0.465 e. The normalized spacial score (nSPS) is 10.9. The number of amides is 1. The second kappa shape index (κ2) is 9.00. The number of hydrogen-bond acceptors (Lipinski definition) is 5. The van der Waals surface area contributed by atoms with Crippen LogP contribution in [0.1, 0.15) is 26.3 Å². The minimum atomic E-state index is -0.407. The molecule has 0 saturated heterocycles. The van der Waals surface area contributed by atoms with Crippen LogP contribution in [0.3, 0.4) is 0 Å².